The first-order valence-corrected chi connectivity index (χ1v) is 7.10. The molecule has 3 rings (SSSR count). The van der Waals surface area contributed by atoms with E-state index in [-0.39, 0.29) is 17.8 Å². The molecule has 2 heterocycles. The van der Waals surface area contributed by atoms with E-state index in [2.05, 4.69) is 13.8 Å². The van der Waals surface area contributed by atoms with Crippen LogP contribution < -0.4 is 4.90 Å². The summed E-state index contributed by atoms with van der Waals surface area (Å²) in [4.78, 5) is 26.4. The van der Waals surface area contributed by atoms with Crippen LogP contribution in [0.2, 0.25) is 0 Å². The smallest absolute Gasteiger partial charge is 0.307 e. The first-order valence-electron chi connectivity index (χ1n) is 7.10. The Balaban J connectivity index is 2.14. The Morgan fingerprint density at radius 3 is 2.65 bits per heavy atom. The molecule has 1 fully saturated rings. The number of hydrogen-bond donors (Lipinski definition) is 0. The highest BCUT2D eigenvalue weighted by Crippen LogP contribution is 2.51. The highest BCUT2D eigenvalue weighted by molar-refractivity contribution is 6.09. The van der Waals surface area contributed by atoms with Gasteiger partial charge in [0.15, 0.2) is 0 Å². The molecule has 4 heteroatoms. The van der Waals surface area contributed by atoms with Crippen LogP contribution in [0.5, 0.6) is 0 Å². The Morgan fingerprint density at radius 2 is 2.05 bits per heavy atom. The van der Waals surface area contributed by atoms with Crippen LogP contribution >= 0.6 is 0 Å². The van der Waals surface area contributed by atoms with E-state index in [4.69, 9.17) is 4.74 Å². The van der Waals surface area contributed by atoms with Crippen molar-refractivity contribution in [1.29, 1.82) is 0 Å². The van der Waals surface area contributed by atoms with Crippen molar-refractivity contribution in [3.05, 3.63) is 29.8 Å². The summed E-state index contributed by atoms with van der Waals surface area (Å²) in [5.41, 5.74) is 0.625. The lowest BCUT2D eigenvalue weighted by Gasteiger charge is -2.27. The van der Waals surface area contributed by atoms with Gasteiger partial charge in [0.1, 0.15) is 0 Å². The Morgan fingerprint density at radius 1 is 1.35 bits per heavy atom. The molecule has 0 aromatic heterocycles. The number of fused-ring (bicyclic) bond motifs is 2. The molecule has 20 heavy (non-hydrogen) atoms. The molecule has 106 valence electrons. The van der Waals surface area contributed by atoms with Crippen LogP contribution in [0.3, 0.4) is 0 Å². The largest absolute Gasteiger partial charge is 0.444 e. The third-order valence-electron chi connectivity index (χ3n) is 4.15. The van der Waals surface area contributed by atoms with E-state index < -0.39 is 5.60 Å². The molecule has 0 unspecified atom stereocenters. The maximum atomic E-state index is 12.9. The first kappa shape index (κ1) is 13.2. The summed E-state index contributed by atoms with van der Waals surface area (Å²) < 4.78 is 5.54. The first-order chi connectivity index (χ1) is 9.46. The molecule has 1 aromatic rings. The van der Waals surface area contributed by atoms with E-state index in [0.29, 0.717) is 18.9 Å². The quantitative estimate of drug-likeness (QED) is 0.778. The van der Waals surface area contributed by atoms with E-state index in [1.165, 1.54) is 0 Å². The lowest BCUT2D eigenvalue weighted by Crippen LogP contribution is -2.44. The summed E-state index contributed by atoms with van der Waals surface area (Å²) in [5.74, 6) is -0.145. The molecule has 0 N–H and O–H groups in total. The van der Waals surface area contributed by atoms with Crippen molar-refractivity contribution >= 4 is 17.6 Å². The predicted octanol–water partition coefficient (Wildman–Crippen LogP) is 2.47. The molecule has 2 aliphatic heterocycles. The Kier molecular flexibility index (Phi) is 2.85. The molecular formula is C16H19NO3. The average Bonchev–Trinajstić information content (AvgIpc) is 2.81. The maximum Gasteiger partial charge on any atom is 0.307 e. The van der Waals surface area contributed by atoms with Gasteiger partial charge < -0.3 is 9.64 Å². The van der Waals surface area contributed by atoms with Crippen molar-refractivity contribution in [2.75, 3.05) is 11.4 Å². The van der Waals surface area contributed by atoms with Crippen LogP contribution in [0.1, 0.15) is 32.8 Å². The van der Waals surface area contributed by atoms with Crippen molar-refractivity contribution < 1.29 is 14.3 Å². The number of carbonyl (C=O) groups is 2. The van der Waals surface area contributed by atoms with E-state index in [9.17, 15) is 9.59 Å². The summed E-state index contributed by atoms with van der Waals surface area (Å²) in [6.07, 6.45) is 0.301. The second kappa shape index (κ2) is 4.33. The van der Waals surface area contributed by atoms with Crippen LogP contribution in [0.15, 0.2) is 24.3 Å². The molecule has 0 radical (unpaired) electrons. The highest BCUT2D eigenvalue weighted by Gasteiger charge is 2.61. The molecule has 2 aliphatic rings. The topological polar surface area (TPSA) is 46.6 Å². The summed E-state index contributed by atoms with van der Waals surface area (Å²) in [7, 11) is 0. The minimum absolute atomic E-state index is 0.0919. The second-order valence-electron chi connectivity index (χ2n) is 6.14. The number of esters is 1. The summed E-state index contributed by atoms with van der Waals surface area (Å²) in [6, 6.07) is 7.65. The number of rotatable bonds is 2. The fourth-order valence-corrected chi connectivity index (χ4v) is 3.29. The van der Waals surface area contributed by atoms with Gasteiger partial charge in [-0.15, -0.1) is 0 Å². The molecule has 2 atom stereocenters. The third-order valence-corrected chi connectivity index (χ3v) is 4.15. The number of benzene rings is 1. The summed E-state index contributed by atoms with van der Waals surface area (Å²) >= 11 is 0. The lowest BCUT2D eigenvalue weighted by molar-refractivity contribution is -0.159. The molecule has 1 aromatic carbocycles. The molecule has 1 saturated heterocycles. The van der Waals surface area contributed by atoms with Crippen molar-refractivity contribution in [3.63, 3.8) is 0 Å². The van der Waals surface area contributed by atoms with Crippen molar-refractivity contribution in [2.45, 2.75) is 32.8 Å². The molecule has 0 aliphatic carbocycles. The van der Waals surface area contributed by atoms with Crippen LogP contribution in [0.4, 0.5) is 5.69 Å². The van der Waals surface area contributed by atoms with Crippen LogP contribution in [0, 0.1) is 11.8 Å². The lowest BCUT2D eigenvalue weighted by atomic mass is 9.83. The highest BCUT2D eigenvalue weighted by atomic mass is 16.6. The van der Waals surface area contributed by atoms with Gasteiger partial charge in [-0.3, -0.25) is 9.59 Å². The molecule has 4 nitrogen and oxygen atoms in total. The SMILES string of the molecule is CC(C)CN1C(=O)[C@]2(OC(=O)C[C@H]2C)c2ccccc21. The standard InChI is InChI=1S/C16H19NO3/c1-10(2)9-17-13-7-5-4-6-12(13)16(15(17)19)11(3)8-14(18)20-16/h4-7,10-11H,8-9H2,1-3H3/t11-,16-/m1/s1. The Hall–Kier alpha value is -1.84. The van der Waals surface area contributed by atoms with Crippen LogP contribution in [0.25, 0.3) is 0 Å². The molecule has 0 bridgehead atoms. The van der Waals surface area contributed by atoms with E-state index in [1.807, 2.05) is 31.2 Å². The van der Waals surface area contributed by atoms with Crippen LogP contribution in [-0.2, 0) is 19.9 Å². The number of amides is 1. The fourth-order valence-electron chi connectivity index (χ4n) is 3.29. The minimum Gasteiger partial charge on any atom is -0.444 e. The van der Waals surface area contributed by atoms with Crippen molar-refractivity contribution in [3.8, 4) is 0 Å². The Labute approximate surface area is 118 Å². The van der Waals surface area contributed by atoms with Gasteiger partial charge in [-0.25, -0.2) is 0 Å². The van der Waals surface area contributed by atoms with Gasteiger partial charge >= 0.3 is 5.97 Å². The minimum atomic E-state index is -1.09. The number of carbonyl (C=O) groups excluding carboxylic acids is 2. The van der Waals surface area contributed by atoms with Gasteiger partial charge in [-0.2, -0.15) is 0 Å². The number of anilines is 1. The van der Waals surface area contributed by atoms with Crippen molar-refractivity contribution in [1.82, 2.24) is 0 Å². The van der Waals surface area contributed by atoms with Gasteiger partial charge in [0.2, 0.25) is 5.60 Å². The summed E-state index contributed by atoms with van der Waals surface area (Å²) in [6.45, 7) is 6.70. The number of nitrogens with zero attached hydrogens (tertiary/aromatic N) is 1. The van der Waals surface area contributed by atoms with Gasteiger partial charge in [0, 0.05) is 18.0 Å². The van der Waals surface area contributed by atoms with Gasteiger partial charge in [0.25, 0.3) is 5.91 Å². The fraction of sp³-hybridized carbons (Fsp3) is 0.500. The Bertz CT molecular complexity index is 581. The third kappa shape index (κ3) is 1.60. The number of ether oxygens (including phenoxy) is 1. The average molecular weight is 273 g/mol. The molecule has 1 spiro atoms. The normalized spacial score (nSPS) is 28.4. The van der Waals surface area contributed by atoms with E-state index >= 15 is 0 Å². The summed E-state index contributed by atoms with van der Waals surface area (Å²) in [5, 5.41) is 0. The number of para-hydroxylation sites is 1. The van der Waals surface area contributed by atoms with Gasteiger partial charge in [-0.1, -0.05) is 39.0 Å². The monoisotopic (exact) mass is 273 g/mol. The second-order valence-corrected chi connectivity index (χ2v) is 6.14. The van der Waals surface area contributed by atoms with E-state index in [0.717, 1.165) is 11.3 Å². The molecule has 0 saturated carbocycles. The zero-order chi connectivity index (χ0) is 14.5. The number of hydrogen-bond acceptors (Lipinski definition) is 3. The van der Waals surface area contributed by atoms with Gasteiger partial charge in [0.05, 0.1) is 12.1 Å². The van der Waals surface area contributed by atoms with Crippen LogP contribution in [-0.4, -0.2) is 18.4 Å². The van der Waals surface area contributed by atoms with Gasteiger partial charge in [-0.05, 0) is 12.0 Å². The zero-order valence-corrected chi connectivity index (χ0v) is 12.1. The van der Waals surface area contributed by atoms with E-state index in [1.54, 1.807) is 4.90 Å². The molecule has 1 amide bonds. The van der Waals surface area contributed by atoms with Crippen molar-refractivity contribution in [2.24, 2.45) is 11.8 Å². The molecular weight excluding hydrogens is 254 g/mol. The maximum absolute atomic E-state index is 12.9. The predicted molar refractivity (Wildman–Crippen MR) is 75.2 cm³/mol. The zero-order valence-electron chi connectivity index (χ0n) is 12.1.